The van der Waals surface area contributed by atoms with E-state index in [-0.39, 0.29) is 12.5 Å². The van der Waals surface area contributed by atoms with Crippen molar-refractivity contribution in [1.82, 2.24) is 10.2 Å². The average Bonchev–Trinajstić information content (AvgIpc) is 3.22. The van der Waals surface area contributed by atoms with Crippen molar-refractivity contribution >= 4 is 17.8 Å². The lowest BCUT2D eigenvalue weighted by atomic mass is 9.80. The molecule has 7 heteroatoms. The minimum absolute atomic E-state index is 0.137. The van der Waals surface area contributed by atoms with Gasteiger partial charge in [-0.25, -0.2) is 0 Å². The van der Waals surface area contributed by atoms with Gasteiger partial charge in [0.15, 0.2) is 0 Å². The summed E-state index contributed by atoms with van der Waals surface area (Å²) in [5.74, 6) is -2.97. The highest BCUT2D eigenvalue weighted by atomic mass is 16.5. The fraction of sp³-hybridized carbons (Fsp3) is 0.375. The van der Waals surface area contributed by atoms with Crippen LogP contribution in [0.2, 0.25) is 0 Å². The number of amides is 2. The molecular formula is C24H26N2O5. The molecule has 2 N–H and O–H groups in total. The molecule has 2 amide bonds. The highest BCUT2D eigenvalue weighted by Crippen LogP contribution is 2.49. The quantitative estimate of drug-likeness (QED) is 0.666. The molecule has 4 rings (SSSR count). The summed E-state index contributed by atoms with van der Waals surface area (Å²) in [6, 6.07) is 15.9. The predicted octanol–water partition coefficient (Wildman–Crippen LogP) is 2.76. The van der Waals surface area contributed by atoms with Crippen LogP contribution in [0.3, 0.4) is 0 Å². The van der Waals surface area contributed by atoms with Crippen molar-refractivity contribution in [3.8, 4) is 5.75 Å². The molecule has 2 aromatic rings. The molecule has 0 saturated carbocycles. The second-order valence-corrected chi connectivity index (χ2v) is 8.30. The van der Waals surface area contributed by atoms with E-state index in [9.17, 15) is 19.5 Å². The van der Waals surface area contributed by atoms with Crippen molar-refractivity contribution in [2.24, 2.45) is 11.8 Å². The standard InChI is InChI=1S/C24H26N2O5/c1-3-13-31-17-11-9-16(10-12-17)20-18-19(24(2,25-20)23(29)30)22(28)26(21(18)27)14-15-7-5-4-6-8-15/h4-12,18-20,25H,3,13-14H2,1-2H3,(H,29,30). The Bertz CT molecular complexity index is 991. The third kappa shape index (κ3) is 3.59. The third-order valence-corrected chi connectivity index (χ3v) is 6.22. The van der Waals surface area contributed by atoms with E-state index in [1.807, 2.05) is 49.4 Å². The maximum atomic E-state index is 13.4. The van der Waals surface area contributed by atoms with Crippen LogP contribution in [0.4, 0.5) is 0 Å². The fourth-order valence-electron chi connectivity index (χ4n) is 4.59. The molecule has 2 fully saturated rings. The smallest absolute Gasteiger partial charge is 0.324 e. The van der Waals surface area contributed by atoms with Gasteiger partial charge in [0, 0.05) is 6.04 Å². The number of imide groups is 1. The van der Waals surface area contributed by atoms with Crippen LogP contribution in [0, 0.1) is 11.8 Å². The molecule has 7 nitrogen and oxygen atoms in total. The highest BCUT2D eigenvalue weighted by molar-refractivity contribution is 6.09. The number of fused-ring (bicyclic) bond motifs is 1. The Morgan fingerprint density at radius 1 is 1.10 bits per heavy atom. The van der Waals surface area contributed by atoms with Crippen LogP contribution in [-0.2, 0) is 20.9 Å². The maximum Gasteiger partial charge on any atom is 0.324 e. The van der Waals surface area contributed by atoms with Gasteiger partial charge in [0.1, 0.15) is 11.3 Å². The topological polar surface area (TPSA) is 95.9 Å². The van der Waals surface area contributed by atoms with E-state index >= 15 is 0 Å². The molecular weight excluding hydrogens is 396 g/mol. The van der Waals surface area contributed by atoms with E-state index in [1.54, 1.807) is 12.1 Å². The number of carboxylic acids is 1. The maximum absolute atomic E-state index is 13.4. The van der Waals surface area contributed by atoms with Gasteiger partial charge in [0.2, 0.25) is 11.8 Å². The van der Waals surface area contributed by atoms with E-state index in [0.717, 1.165) is 17.5 Å². The number of hydrogen-bond donors (Lipinski definition) is 2. The van der Waals surface area contributed by atoms with Crippen molar-refractivity contribution in [1.29, 1.82) is 0 Å². The molecule has 2 aliphatic rings. The SMILES string of the molecule is CCCOc1ccc(C2NC(C)(C(=O)O)C3C(=O)N(Cc4ccccc4)C(=O)C23)cc1. The summed E-state index contributed by atoms with van der Waals surface area (Å²) in [5.41, 5.74) is 0.0416. The molecule has 0 spiro atoms. The molecule has 0 aliphatic carbocycles. The first kappa shape index (κ1) is 21.1. The first-order chi connectivity index (χ1) is 14.9. The van der Waals surface area contributed by atoms with Crippen molar-refractivity contribution in [3.63, 3.8) is 0 Å². The lowest BCUT2D eigenvalue weighted by molar-refractivity contribution is -0.150. The van der Waals surface area contributed by atoms with Gasteiger partial charge in [-0.05, 0) is 36.6 Å². The minimum Gasteiger partial charge on any atom is -0.494 e. The second kappa shape index (κ2) is 8.15. The van der Waals surface area contributed by atoms with Crippen LogP contribution in [-0.4, -0.2) is 39.9 Å². The van der Waals surface area contributed by atoms with Crippen molar-refractivity contribution in [3.05, 3.63) is 65.7 Å². The molecule has 4 atom stereocenters. The molecule has 162 valence electrons. The predicted molar refractivity (Wildman–Crippen MR) is 113 cm³/mol. The Morgan fingerprint density at radius 3 is 2.39 bits per heavy atom. The van der Waals surface area contributed by atoms with Gasteiger partial charge >= 0.3 is 5.97 Å². The largest absolute Gasteiger partial charge is 0.494 e. The number of nitrogens with one attached hydrogen (secondary N) is 1. The summed E-state index contributed by atoms with van der Waals surface area (Å²) in [6.45, 7) is 4.25. The number of benzene rings is 2. The Hall–Kier alpha value is -3.19. The zero-order valence-corrected chi connectivity index (χ0v) is 17.6. The molecule has 31 heavy (non-hydrogen) atoms. The summed E-state index contributed by atoms with van der Waals surface area (Å²) >= 11 is 0. The van der Waals surface area contributed by atoms with Gasteiger partial charge in [0.05, 0.1) is 25.0 Å². The van der Waals surface area contributed by atoms with Crippen LogP contribution in [0.1, 0.15) is 37.4 Å². The van der Waals surface area contributed by atoms with E-state index in [1.165, 1.54) is 11.8 Å². The van der Waals surface area contributed by atoms with E-state index in [2.05, 4.69) is 5.32 Å². The van der Waals surface area contributed by atoms with E-state index < -0.39 is 35.3 Å². The molecule has 2 aromatic carbocycles. The van der Waals surface area contributed by atoms with Crippen LogP contribution < -0.4 is 10.1 Å². The summed E-state index contributed by atoms with van der Waals surface area (Å²) in [5, 5.41) is 13.0. The molecule has 2 heterocycles. The number of aliphatic carboxylic acids is 1. The zero-order chi connectivity index (χ0) is 22.2. The second-order valence-electron chi connectivity index (χ2n) is 8.30. The number of carbonyl (C=O) groups excluding carboxylic acids is 2. The fourth-order valence-corrected chi connectivity index (χ4v) is 4.59. The Balaban J connectivity index is 1.66. The number of carboxylic acid groups (broad SMARTS) is 1. The van der Waals surface area contributed by atoms with Crippen LogP contribution in [0.25, 0.3) is 0 Å². The first-order valence-corrected chi connectivity index (χ1v) is 10.5. The molecule has 4 unspecified atom stereocenters. The Morgan fingerprint density at radius 2 is 1.77 bits per heavy atom. The van der Waals surface area contributed by atoms with Crippen LogP contribution in [0.15, 0.2) is 54.6 Å². The van der Waals surface area contributed by atoms with Crippen LogP contribution in [0.5, 0.6) is 5.75 Å². The number of hydrogen-bond acceptors (Lipinski definition) is 5. The van der Waals surface area contributed by atoms with E-state index in [0.29, 0.717) is 12.4 Å². The molecule has 0 aromatic heterocycles. The minimum atomic E-state index is -1.54. The highest BCUT2D eigenvalue weighted by Gasteiger charge is 2.66. The summed E-state index contributed by atoms with van der Waals surface area (Å²) < 4.78 is 5.62. The number of nitrogens with zero attached hydrogens (tertiary/aromatic N) is 1. The van der Waals surface area contributed by atoms with Gasteiger partial charge in [0.25, 0.3) is 0 Å². The van der Waals surface area contributed by atoms with E-state index in [4.69, 9.17) is 4.74 Å². The Kier molecular flexibility index (Phi) is 5.54. The first-order valence-electron chi connectivity index (χ1n) is 10.5. The number of rotatable bonds is 7. The third-order valence-electron chi connectivity index (χ3n) is 6.22. The molecule has 2 aliphatic heterocycles. The number of likely N-dealkylation sites (tertiary alicyclic amines) is 1. The van der Waals surface area contributed by atoms with Crippen LogP contribution >= 0.6 is 0 Å². The zero-order valence-electron chi connectivity index (χ0n) is 17.6. The molecule has 0 radical (unpaired) electrons. The average molecular weight is 422 g/mol. The van der Waals surface area contributed by atoms with Gasteiger partial charge in [-0.3, -0.25) is 24.6 Å². The summed E-state index contributed by atoms with van der Waals surface area (Å²) in [4.78, 5) is 40.0. The summed E-state index contributed by atoms with van der Waals surface area (Å²) in [7, 11) is 0. The van der Waals surface area contributed by atoms with Gasteiger partial charge in [-0.2, -0.15) is 0 Å². The summed E-state index contributed by atoms with van der Waals surface area (Å²) in [6.07, 6.45) is 0.889. The van der Waals surface area contributed by atoms with Gasteiger partial charge in [-0.1, -0.05) is 49.4 Å². The van der Waals surface area contributed by atoms with Gasteiger partial charge < -0.3 is 9.84 Å². The lowest BCUT2D eigenvalue weighted by Crippen LogP contribution is -2.53. The van der Waals surface area contributed by atoms with Crippen molar-refractivity contribution in [2.75, 3.05) is 6.61 Å². The monoisotopic (exact) mass is 422 g/mol. The lowest BCUT2D eigenvalue weighted by Gasteiger charge is -2.27. The number of carbonyl (C=O) groups is 3. The number of ether oxygens (including phenoxy) is 1. The molecule has 2 saturated heterocycles. The normalized spacial score (nSPS) is 27.4. The Labute approximate surface area is 181 Å². The van der Waals surface area contributed by atoms with Crippen molar-refractivity contribution in [2.45, 2.75) is 38.4 Å². The van der Waals surface area contributed by atoms with Gasteiger partial charge in [-0.15, -0.1) is 0 Å². The molecule has 0 bridgehead atoms. The van der Waals surface area contributed by atoms with Crippen molar-refractivity contribution < 1.29 is 24.2 Å².